The predicted octanol–water partition coefficient (Wildman–Crippen LogP) is 1.58. The maximum atomic E-state index is 12.0. The van der Waals surface area contributed by atoms with Crippen LogP contribution in [-0.2, 0) is 0 Å². The average Bonchev–Trinajstić information content (AvgIpc) is 2.34. The monoisotopic (exact) mass is 278 g/mol. The highest BCUT2D eigenvalue weighted by Gasteiger charge is 2.28. The van der Waals surface area contributed by atoms with Crippen molar-refractivity contribution in [2.45, 2.75) is 6.18 Å². The van der Waals surface area contributed by atoms with Crippen LogP contribution in [0.15, 0.2) is 12.1 Å². The molecule has 3 N–H and O–H groups in total. The van der Waals surface area contributed by atoms with Crippen LogP contribution in [0.5, 0.6) is 11.5 Å². The molecule has 19 heavy (non-hydrogen) atoms. The molecule has 0 heterocycles. The second-order valence-electron chi connectivity index (χ2n) is 3.59. The minimum absolute atomic E-state index is 0.00248. The quantitative estimate of drug-likeness (QED) is 0.820. The zero-order valence-electron chi connectivity index (χ0n) is 10.3. The van der Waals surface area contributed by atoms with Crippen LogP contribution < -0.4 is 20.5 Å². The highest BCUT2D eigenvalue weighted by molar-refractivity contribution is 6.00. The minimum Gasteiger partial charge on any atom is -0.493 e. The number of nitrogens with two attached hydrogens (primary N) is 1. The molecule has 0 aliphatic heterocycles. The zero-order valence-corrected chi connectivity index (χ0v) is 10.3. The summed E-state index contributed by atoms with van der Waals surface area (Å²) in [6, 6.07) is 2.53. The summed E-state index contributed by atoms with van der Waals surface area (Å²) < 4.78 is 45.9. The Hall–Kier alpha value is -2.12. The maximum Gasteiger partial charge on any atom is 0.405 e. The summed E-state index contributed by atoms with van der Waals surface area (Å²) >= 11 is 0. The molecule has 0 aromatic heterocycles. The number of rotatable bonds is 4. The SMILES string of the molecule is COc1cc(N)c(C(=O)NCC(F)(F)F)cc1OC. The Morgan fingerprint density at radius 1 is 1.26 bits per heavy atom. The van der Waals surface area contributed by atoms with E-state index in [9.17, 15) is 18.0 Å². The second kappa shape index (κ2) is 5.68. The molecule has 0 saturated heterocycles. The average molecular weight is 278 g/mol. The Balaban J connectivity index is 2.97. The van der Waals surface area contributed by atoms with E-state index in [1.165, 1.54) is 26.4 Å². The highest BCUT2D eigenvalue weighted by atomic mass is 19.4. The van der Waals surface area contributed by atoms with Crippen LogP contribution in [0.3, 0.4) is 0 Å². The van der Waals surface area contributed by atoms with Crippen molar-refractivity contribution >= 4 is 11.6 Å². The van der Waals surface area contributed by atoms with E-state index < -0.39 is 18.6 Å². The lowest BCUT2D eigenvalue weighted by atomic mass is 10.1. The fraction of sp³-hybridized carbons (Fsp3) is 0.364. The van der Waals surface area contributed by atoms with Crippen LogP contribution in [0.2, 0.25) is 0 Å². The number of methoxy groups -OCH3 is 2. The van der Waals surface area contributed by atoms with Crippen LogP contribution in [-0.4, -0.2) is 32.8 Å². The topological polar surface area (TPSA) is 73.6 Å². The van der Waals surface area contributed by atoms with Crippen molar-refractivity contribution in [3.63, 3.8) is 0 Å². The molecule has 1 rings (SSSR count). The standard InChI is InChI=1S/C11H13F3N2O3/c1-18-8-3-6(7(15)4-9(8)19-2)10(17)16-5-11(12,13)14/h3-4H,5,15H2,1-2H3,(H,16,17). The first-order chi connectivity index (χ1) is 8.78. The van der Waals surface area contributed by atoms with E-state index in [1.807, 2.05) is 0 Å². The lowest BCUT2D eigenvalue weighted by molar-refractivity contribution is -0.123. The van der Waals surface area contributed by atoms with Gasteiger partial charge in [0.05, 0.1) is 19.8 Å². The van der Waals surface area contributed by atoms with Crippen molar-refractivity contribution in [2.24, 2.45) is 0 Å². The van der Waals surface area contributed by atoms with Gasteiger partial charge in [-0.3, -0.25) is 4.79 Å². The van der Waals surface area contributed by atoms with E-state index in [2.05, 4.69) is 0 Å². The molecule has 0 radical (unpaired) electrons. The first kappa shape index (κ1) is 14.9. The molecule has 0 spiro atoms. The highest BCUT2D eigenvalue weighted by Crippen LogP contribution is 2.31. The van der Waals surface area contributed by atoms with Gasteiger partial charge in [0, 0.05) is 11.8 Å². The number of halogens is 3. The molecule has 1 aromatic rings. The normalized spacial score (nSPS) is 11.0. The number of benzene rings is 1. The third-order valence-corrected chi connectivity index (χ3v) is 2.25. The van der Waals surface area contributed by atoms with Gasteiger partial charge in [-0.15, -0.1) is 0 Å². The van der Waals surface area contributed by atoms with Crippen LogP contribution in [0, 0.1) is 0 Å². The van der Waals surface area contributed by atoms with E-state index >= 15 is 0 Å². The number of anilines is 1. The van der Waals surface area contributed by atoms with Crippen molar-refractivity contribution in [3.8, 4) is 11.5 Å². The molecule has 1 amide bonds. The van der Waals surface area contributed by atoms with Gasteiger partial charge in [0.15, 0.2) is 11.5 Å². The summed E-state index contributed by atoms with van der Waals surface area (Å²) in [5.74, 6) is -0.447. The Labute approximate surface area is 107 Å². The largest absolute Gasteiger partial charge is 0.493 e. The minimum atomic E-state index is -4.49. The van der Waals surface area contributed by atoms with Crippen LogP contribution in [0.4, 0.5) is 18.9 Å². The van der Waals surface area contributed by atoms with Crippen molar-refractivity contribution < 1.29 is 27.4 Å². The van der Waals surface area contributed by atoms with Gasteiger partial charge >= 0.3 is 6.18 Å². The van der Waals surface area contributed by atoms with Gasteiger partial charge in [-0.2, -0.15) is 13.2 Å². The molecule has 0 fully saturated rings. The van der Waals surface area contributed by atoms with Gasteiger partial charge in [-0.05, 0) is 6.07 Å². The number of nitrogen functional groups attached to an aromatic ring is 1. The number of carbonyl (C=O) groups is 1. The fourth-order valence-corrected chi connectivity index (χ4v) is 1.37. The van der Waals surface area contributed by atoms with Crippen LogP contribution in [0.1, 0.15) is 10.4 Å². The Kier molecular flexibility index (Phi) is 4.47. The molecule has 0 bridgehead atoms. The first-order valence-electron chi connectivity index (χ1n) is 5.15. The van der Waals surface area contributed by atoms with Crippen molar-refractivity contribution in [3.05, 3.63) is 17.7 Å². The lowest BCUT2D eigenvalue weighted by Crippen LogP contribution is -2.34. The van der Waals surface area contributed by atoms with Gasteiger partial charge in [-0.25, -0.2) is 0 Å². The van der Waals surface area contributed by atoms with Gasteiger partial charge in [0.25, 0.3) is 5.91 Å². The van der Waals surface area contributed by atoms with Gasteiger partial charge in [-0.1, -0.05) is 0 Å². The Morgan fingerprint density at radius 2 is 1.79 bits per heavy atom. The molecule has 1 aromatic carbocycles. The van der Waals surface area contributed by atoms with E-state index in [4.69, 9.17) is 15.2 Å². The number of alkyl halides is 3. The molecular formula is C11H13F3N2O3. The van der Waals surface area contributed by atoms with Gasteiger partial charge in [0.1, 0.15) is 6.54 Å². The van der Waals surface area contributed by atoms with E-state index in [0.717, 1.165) is 0 Å². The van der Waals surface area contributed by atoms with Gasteiger partial charge in [0.2, 0.25) is 0 Å². The number of carbonyl (C=O) groups excluding carboxylic acids is 1. The number of amides is 1. The van der Waals surface area contributed by atoms with Crippen molar-refractivity contribution in [1.29, 1.82) is 0 Å². The molecule has 5 nitrogen and oxygen atoms in total. The van der Waals surface area contributed by atoms with Crippen LogP contribution >= 0.6 is 0 Å². The first-order valence-corrected chi connectivity index (χ1v) is 5.15. The summed E-state index contributed by atoms with van der Waals surface area (Å²) in [7, 11) is 2.71. The van der Waals surface area contributed by atoms with E-state index in [1.54, 1.807) is 5.32 Å². The summed E-state index contributed by atoms with van der Waals surface area (Å²) in [6.45, 7) is -1.43. The van der Waals surface area contributed by atoms with Crippen molar-refractivity contribution in [1.82, 2.24) is 5.32 Å². The van der Waals surface area contributed by atoms with E-state index in [-0.39, 0.29) is 22.7 Å². The lowest BCUT2D eigenvalue weighted by Gasteiger charge is -2.13. The number of hydrogen-bond donors (Lipinski definition) is 2. The van der Waals surface area contributed by atoms with Crippen LogP contribution in [0.25, 0.3) is 0 Å². The molecule has 0 saturated carbocycles. The molecule has 0 aliphatic rings. The molecule has 8 heteroatoms. The van der Waals surface area contributed by atoms with Gasteiger partial charge < -0.3 is 20.5 Å². The summed E-state index contributed by atoms with van der Waals surface area (Å²) in [6.07, 6.45) is -4.49. The third kappa shape index (κ3) is 3.94. The smallest absolute Gasteiger partial charge is 0.405 e. The fourth-order valence-electron chi connectivity index (χ4n) is 1.37. The number of ether oxygens (including phenoxy) is 2. The molecule has 0 aliphatic carbocycles. The molecular weight excluding hydrogens is 265 g/mol. The maximum absolute atomic E-state index is 12.0. The summed E-state index contributed by atoms with van der Waals surface area (Å²) in [5.41, 5.74) is 5.47. The Morgan fingerprint density at radius 3 is 2.26 bits per heavy atom. The second-order valence-corrected chi connectivity index (χ2v) is 3.59. The zero-order chi connectivity index (χ0) is 14.6. The molecule has 106 valence electrons. The molecule has 0 atom stereocenters. The predicted molar refractivity (Wildman–Crippen MR) is 62.3 cm³/mol. The summed E-state index contributed by atoms with van der Waals surface area (Å²) in [5, 5.41) is 1.73. The Bertz CT molecular complexity index is 475. The summed E-state index contributed by atoms with van der Waals surface area (Å²) in [4.78, 5) is 11.6. The number of nitrogens with one attached hydrogen (secondary N) is 1. The van der Waals surface area contributed by atoms with Crippen molar-refractivity contribution in [2.75, 3.05) is 26.5 Å². The van der Waals surface area contributed by atoms with E-state index in [0.29, 0.717) is 0 Å². The third-order valence-electron chi connectivity index (χ3n) is 2.25. The number of hydrogen-bond acceptors (Lipinski definition) is 4. The molecule has 0 unspecified atom stereocenters.